The highest BCUT2D eigenvalue weighted by Crippen LogP contribution is 2.15. The summed E-state index contributed by atoms with van der Waals surface area (Å²) in [4.78, 5) is 25.3. The zero-order valence-corrected chi connectivity index (χ0v) is 40.5. The van der Waals surface area contributed by atoms with Crippen molar-refractivity contribution in [2.45, 2.75) is 284 Å². The first-order valence-electron chi connectivity index (χ1n) is 26.5. The van der Waals surface area contributed by atoms with Crippen LogP contribution in [-0.2, 0) is 23.8 Å². The monoisotopic (exact) mass is 843 g/mol. The quantitative estimate of drug-likeness (QED) is 0.0347. The Kier molecular flexibility index (Phi) is 49.9. The number of carbonyl (C=O) groups is 2. The van der Waals surface area contributed by atoms with Crippen molar-refractivity contribution in [1.29, 1.82) is 0 Å². The van der Waals surface area contributed by atoms with Crippen LogP contribution < -0.4 is 0 Å². The van der Waals surface area contributed by atoms with Gasteiger partial charge >= 0.3 is 11.9 Å². The predicted molar refractivity (Wildman–Crippen MR) is 261 cm³/mol. The molecule has 0 spiro atoms. The second kappa shape index (κ2) is 51.5. The summed E-state index contributed by atoms with van der Waals surface area (Å²) in [5.74, 6) is -0.402. The summed E-state index contributed by atoms with van der Waals surface area (Å²) >= 11 is 0. The fourth-order valence-corrected chi connectivity index (χ4v) is 7.66. The molecule has 0 aliphatic heterocycles. The fraction of sp³-hybridized carbons (Fsp3) is 0.855. The number of hydrogen-bond acceptors (Lipinski definition) is 5. The third-order valence-corrected chi connectivity index (χ3v) is 11.6. The molecule has 0 saturated heterocycles. The van der Waals surface area contributed by atoms with Gasteiger partial charge in [-0.1, -0.05) is 231 Å². The van der Waals surface area contributed by atoms with Gasteiger partial charge in [-0.15, -0.1) is 0 Å². The molecule has 1 unspecified atom stereocenters. The maximum Gasteiger partial charge on any atom is 0.306 e. The molecule has 5 nitrogen and oxygen atoms in total. The Morgan fingerprint density at radius 1 is 0.367 bits per heavy atom. The van der Waals surface area contributed by atoms with Gasteiger partial charge in [-0.3, -0.25) is 9.59 Å². The van der Waals surface area contributed by atoms with E-state index in [0.29, 0.717) is 19.4 Å². The summed E-state index contributed by atoms with van der Waals surface area (Å²) in [5, 5.41) is 0. The summed E-state index contributed by atoms with van der Waals surface area (Å²) in [6.07, 6.45) is 61.6. The van der Waals surface area contributed by atoms with Gasteiger partial charge in [0.2, 0.25) is 0 Å². The normalized spacial score (nSPS) is 12.4. The summed E-state index contributed by atoms with van der Waals surface area (Å²) < 4.78 is 17.4. The third kappa shape index (κ3) is 48.8. The second-order valence-electron chi connectivity index (χ2n) is 17.8. The number of rotatable bonds is 49. The first-order chi connectivity index (χ1) is 29.6. The Labute approximate surface area is 374 Å². The standard InChI is InChI=1S/C55H102O5/c1-4-7-10-13-16-19-22-24-25-26-27-28-29-30-32-35-38-41-44-47-50-58-51-53(60-55(57)49-46-43-40-37-33-21-18-15-12-9-6-3)52-59-54(56)48-45-42-39-36-34-31-23-20-17-14-11-8-5-2/h11,14,20,23-25,53H,4-10,12-13,15-19,21-22,26-52H2,1-3H3/b14-11-,23-20-,25-24-. The molecule has 0 radical (unpaired) electrons. The largest absolute Gasteiger partial charge is 0.462 e. The molecule has 5 heteroatoms. The number of esters is 2. The molecule has 0 aromatic rings. The average molecular weight is 843 g/mol. The second-order valence-corrected chi connectivity index (χ2v) is 17.8. The van der Waals surface area contributed by atoms with E-state index in [-0.39, 0.29) is 25.2 Å². The molecule has 0 bridgehead atoms. The van der Waals surface area contributed by atoms with Gasteiger partial charge in [0, 0.05) is 19.4 Å². The van der Waals surface area contributed by atoms with Crippen molar-refractivity contribution in [3.05, 3.63) is 36.5 Å². The molecule has 1 atom stereocenters. The molecule has 0 fully saturated rings. The average Bonchev–Trinajstić information content (AvgIpc) is 3.25. The van der Waals surface area contributed by atoms with Crippen molar-refractivity contribution in [2.75, 3.05) is 19.8 Å². The van der Waals surface area contributed by atoms with Crippen molar-refractivity contribution in [3.8, 4) is 0 Å². The fourth-order valence-electron chi connectivity index (χ4n) is 7.66. The van der Waals surface area contributed by atoms with Crippen molar-refractivity contribution in [3.63, 3.8) is 0 Å². The number of hydrogen-bond donors (Lipinski definition) is 0. The molecule has 0 amide bonds. The van der Waals surface area contributed by atoms with Crippen molar-refractivity contribution in [2.24, 2.45) is 0 Å². The van der Waals surface area contributed by atoms with Crippen LogP contribution in [-0.4, -0.2) is 37.9 Å². The molecule has 0 rings (SSSR count). The Hall–Kier alpha value is -1.88. The molecular formula is C55H102O5. The SMILES string of the molecule is CCC/C=C\C/C=C\CCCCCCCC(=O)OCC(COCCCCCCCCCCCC/C=C\CCCCCCCC)OC(=O)CCCCCCCCCCCCC. The number of carbonyl (C=O) groups excluding carboxylic acids is 2. The van der Waals surface area contributed by atoms with Gasteiger partial charge in [-0.05, 0) is 70.6 Å². The van der Waals surface area contributed by atoms with Crippen LogP contribution >= 0.6 is 0 Å². The molecule has 0 N–H and O–H groups in total. The molecule has 0 heterocycles. The summed E-state index contributed by atoms with van der Waals surface area (Å²) in [6, 6.07) is 0. The van der Waals surface area contributed by atoms with E-state index in [4.69, 9.17) is 14.2 Å². The topological polar surface area (TPSA) is 61.8 Å². The molecular weight excluding hydrogens is 741 g/mol. The van der Waals surface area contributed by atoms with E-state index >= 15 is 0 Å². The van der Waals surface area contributed by atoms with Crippen molar-refractivity contribution < 1.29 is 23.8 Å². The minimum Gasteiger partial charge on any atom is -0.462 e. The van der Waals surface area contributed by atoms with Crippen LogP contribution in [0.5, 0.6) is 0 Å². The molecule has 0 saturated carbocycles. The van der Waals surface area contributed by atoms with Gasteiger partial charge in [-0.25, -0.2) is 0 Å². The molecule has 0 aliphatic rings. The molecule has 0 aromatic heterocycles. The van der Waals surface area contributed by atoms with E-state index in [1.807, 2.05) is 0 Å². The first-order valence-corrected chi connectivity index (χ1v) is 26.5. The van der Waals surface area contributed by atoms with Gasteiger partial charge in [0.1, 0.15) is 6.61 Å². The smallest absolute Gasteiger partial charge is 0.306 e. The van der Waals surface area contributed by atoms with Crippen LogP contribution in [0.2, 0.25) is 0 Å². The molecule has 352 valence electrons. The van der Waals surface area contributed by atoms with Crippen LogP contribution in [0.4, 0.5) is 0 Å². The van der Waals surface area contributed by atoms with Crippen LogP contribution in [0.3, 0.4) is 0 Å². The van der Waals surface area contributed by atoms with Gasteiger partial charge in [0.25, 0.3) is 0 Å². The maximum absolute atomic E-state index is 12.8. The van der Waals surface area contributed by atoms with Crippen LogP contribution in [0, 0.1) is 0 Å². The molecule has 60 heavy (non-hydrogen) atoms. The molecule has 0 aromatic carbocycles. The minimum atomic E-state index is -0.537. The Bertz CT molecular complexity index is 955. The number of ether oxygens (including phenoxy) is 3. The highest BCUT2D eigenvalue weighted by atomic mass is 16.6. The molecule has 0 aliphatic carbocycles. The lowest BCUT2D eigenvalue weighted by Gasteiger charge is -2.18. The van der Waals surface area contributed by atoms with Gasteiger partial charge in [-0.2, -0.15) is 0 Å². The van der Waals surface area contributed by atoms with Crippen LogP contribution in [0.25, 0.3) is 0 Å². The van der Waals surface area contributed by atoms with E-state index in [1.165, 1.54) is 186 Å². The minimum absolute atomic E-state index is 0.0821. The van der Waals surface area contributed by atoms with Gasteiger partial charge < -0.3 is 14.2 Å². The van der Waals surface area contributed by atoms with Gasteiger partial charge in [0.15, 0.2) is 6.10 Å². The maximum atomic E-state index is 12.8. The Morgan fingerprint density at radius 2 is 0.733 bits per heavy atom. The summed E-state index contributed by atoms with van der Waals surface area (Å²) in [5.41, 5.74) is 0. The van der Waals surface area contributed by atoms with Crippen LogP contribution in [0.1, 0.15) is 278 Å². The zero-order valence-electron chi connectivity index (χ0n) is 40.5. The highest BCUT2D eigenvalue weighted by Gasteiger charge is 2.17. The first kappa shape index (κ1) is 58.1. The zero-order chi connectivity index (χ0) is 43.5. The van der Waals surface area contributed by atoms with Crippen LogP contribution in [0.15, 0.2) is 36.5 Å². The van der Waals surface area contributed by atoms with Crippen molar-refractivity contribution >= 4 is 11.9 Å². The van der Waals surface area contributed by atoms with Crippen molar-refractivity contribution in [1.82, 2.24) is 0 Å². The Morgan fingerprint density at radius 3 is 1.18 bits per heavy atom. The van der Waals surface area contributed by atoms with Gasteiger partial charge in [0.05, 0.1) is 6.61 Å². The number of unbranched alkanes of at least 4 members (excludes halogenated alkanes) is 32. The third-order valence-electron chi connectivity index (χ3n) is 11.6. The van der Waals surface area contributed by atoms with E-state index in [1.54, 1.807) is 0 Å². The summed E-state index contributed by atoms with van der Waals surface area (Å²) in [7, 11) is 0. The lowest BCUT2D eigenvalue weighted by atomic mass is 10.1. The Balaban J connectivity index is 4.18. The van der Waals surface area contributed by atoms with E-state index < -0.39 is 6.10 Å². The van der Waals surface area contributed by atoms with E-state index in [9.17, 15) is 9.59 Å². The lowest BCUT2D eigenvalue weighted by molar-refractivity contribution is -0.163. The summed E-state index contributed by atoms with van der Waals surface area (Å²) in [6.45, 7) is 7.78. The highest BCUT2D eigenvalue weighted by molar-refractivity contribution is 5.70. The predicted octanol–water partition coefficient (Wildman–Crippen LogP) is 17.8. The van der Waals surface area contributed by atoms with E-state index in [0.717, 1.165) is 57.8 Å². The number of allylic oxidation sites excluding steroid dienone is 6. The van der Waals surface area contributed by atoms with E-state index in [2.05, 4.69) is 57.2 Å². The lowest BCUT2D eigenvalue weighted by Crippen LogP contribution is -2.30.